The van der Waals surface area contributed by atoms with Gasteiger partial charge in [-0.05, 0) is 37.2 Å². The van der Waals surface area contributed by atoms with Crippen molar-refractivity contribution in [3.05, 3.63) is 24.0 Å². The third-order valence-corrected chi connectivity index (χ3v) is 3.65. The zero-order valence-electron chi connectivity index (χ0n) is 11.1. The molecule has 0 aromatic carbocycles. The number of nitrogens with zero attached hydrogens (tertiary/aromatic N) is 1. The third kappa shape index (κ3) is 3.00. The molecule has 0 atom stereocenters. The maximum Gasteiger partial charge on any atom is 0.148 e. The highest BCUT2D eigenvalue weighted by Gasteiger charge is 2.28. The molecule has 1 aromatic rings. The summed E-state index contributed by atoms with van der Waals surface area (Å²) in [5.41, 5.74) is 6.60. The van der Waals surface area contributed by atoms with Crippen LogP contribution in [0.25, 0.3) is 0 Å². The van der Waals surface area contributed by atoms with E-state index in [4.69, 9.17) is 15.9 Å². The lowest BCUT2D eigenvalue weighted by atomic mass is 9.76. The van der Waals surface area contributed by atoms with Crippen LogP contribution >= 0.6 is 0 Å². The van der Waals surface area contributed by atoms with E-state index in [1.807, 2.05) is 0 Å². The molecule has 98 valence electrons. The first-order chi connectivity index (χ1) is 8.48. The van der Waals surface area contributed by atoms with Crippen LogP contribution in [0.1, 0.15) is 45.1 Å². The highest BCUT2D eigenvalue weighted by atomic mass is 16.5. The Morgan fingerprint density at radius 2 is 2.11 bits per heavy atom. The number of ether oxygens (including phenoxy) is 1. The minimum absolute atomic E-state index is 0.0311. The topological polar surface area (TPSA) is 72.0 Å². The van der Waals surface area contributed by atoms with E-state index < -0.39 is 0 Å². The molecule has 1 aromatic heterocycles. The standard InChI is InChI=1S/C14H21N3O/c1-14(2)6-3-10(4-7-14)18-12-9-17-8-5-11(12)13(15)16/h5,8-10H,3-4,6-7H2,1-2H3,(H3,15,16). The van der Waals surface area contributed by atoms with E-state index in [1.54, 1.807) is 18.5 Å². The van der Waals surface area contributed by atoms with E-state index in [9.17, 15) is 0 Å². The van der Waals surface area contributed by atoms with Crippen molar-refractivity contribution >= 4 is 5.84 Å². The average Bonchev–Trinajstić information content (AvgIpc) is 2.32. The van der Waals surface area contributed by atoms with Gasteiger partial charge in [-0.3, -0.25) is 10.4 Å². The van der Waals surface area contributed by atoms with E-state index in [-0.39, 0.29) is 11.9 Å². The number of hydrogen-bond donors (Lipinski definition) is 2. The Kier molecular flexibility index (Phi) is 3.55. The summed E-state index contributed by atoms with van der Waals surface area (Å²) in [6.45, 7) is 4.60. The maximum absolute atomic E-state index is 7.53. The molecular formula is C14H21N3O. The maximum atomic E-state index is 7.53. The number of nitrogens with one attached hydrogen (secondary N) is 1. The summed E-state index contributed by atoms with van der Waals surface area (Å²) in [5, 5.41) is 7.53. The van der Waals surface area contributed by atoms with Crippen LogP contribution < -0.4 is 10.5 Å². The second-order valence-corrected chi connectivity index (χ2v) is 5.77. The molecule has 0 radical (unpaired) electrons. The fourth-order valence-electron chi connectivity index (χ4n) is 2.37. The van der Waals surface area contributed by atoms with Crippen LogP contribution in [0.4, 0.5) is 0 Å². The molecule has 0 amide bonds. The molecule has 4 nitrogen and oxygen atoms in total. The van der Waals surface area contributed by atoms with Gasteiger partial charge in [-0.15, -0.1) is 0 Å². The van der Waals surface area contributed by atoms with Gasteiger partial charge in [0.05, 0.1) is 17.9 Å². The number of pyridine rings is 1. The molecule has 0 saturated heterocycles. The molecule has 1 aliphatic carbocycles. The summed E-state index contributed by atoms with van der Waals surface area (Å²) < 4.78 is 5.96. The first-order valence-electron chi connectivity index (χ1n) is 6.43. The SMILES string of the molecule is CC1(C)CCC(Oc2cnccc2C(=N)N)CC1. The van der Waals surface area contributed by atoms with E-state index in [1.165, 1.54) is 12.8 Å². The molecule has 4 heteroatoms. The minimum Gasteiger partial charge on any atom is -0.488 e. The number of nitrogen functional groups attached to an aromatic ring is 1. The fourth-order valence-corrected chi connectivity index (χ4v) is 2.37. The quantitative estimate of drug-likeness (QED) is 0.637. The van der Waals surface area contributed by atoms with Crippen molar-refractivity contribution in [3.63, 3.8) is 0 Å². The van der Waals surface area contributed by atoms with Gasteiger partial charge in [-0.1, -0.05) is 13.8 Å². The van der Waals surface area contributed by atoms with E-state index in [2.05, 4.69) is 18.8 Å². The van der Waals surface area contributed by atoms with Crippen molar-refractivity contribution in [2.45, 2.75) is 45.6 Å². The number of rotatable bonds is 3. The monoisotopic (exact) mass is 247 g/mol. The average molecular weight is 247 g/mol. The second kappa shape index (κ2) is 4.96. The third-order valence-electron chi connectivity index (χ3n) is 3.65. The molecule has 1 fully saturated rings. The predicted octanol–water partition coefficient (Wildman–Crippen LogP) is 2.71. The van der Waals surface area contributed by atoms with Crippen LogP contribution in [-0.2, 0) is 0 Å². The molecule has 0 bridgehead atoms. The molecule has 1 saturated carbocycles. The molecule has 3 N–H and O–H groups in total. The van der Waals surface area contributed by atoms with Gasteiger partial charge in [0.25, 0.3) is 0 Å². The van der Waals surface area contributed by atoms with Crippen molar-refractivity contribution in [2.75, 3.05) is 0 Å². The molecule has 2 rings (SSSR count). The molecule has 0 unspecified atom stereocenters. The van der Waals surface area contributed by atoms with Gasteiger partial charge in [-0.2, -0.15) is 0 Å². The van der Waals surface area contributed by atoms with E-state index in [0.29, 0.717) is 16.7 Å². The lowest BCUT2D eigenvalue weighted by Crippen LogP contribution is -2.29. The normalized spacial score (nSPS) is 19.4. The zero-order chi connectivity index (χ0) is 13.2. The Hall–Kier alpha value is -1.58. The van der Waals surface area contributed by atoms with Crippen molar-refractivity contribution in [2.24, 2.45) is 11.1 Å². The smallest absolute Gasteiger partial charge is 0.148 e. The van der Waals surface area contributed by atoms with Crippen LogP contribution in [0.3, 0.4) is 0 Å². The summed E-state index contributed by atoms with van der Waals surface area (Å²) in [7, 11) is 0. The number of aromatic nitrogens is 1. The van der Waals surface area contributed by atoms with Crippen LogP contribution in [0, 0.1) is 10.8 Å². The Bertz CT molecular complexity index is 432. The van der Waals surface area contributed by atoms with Crippen molar-refractivity contribution in [3.8, 4) is 5.75 Å². The van der Waals surface area contributed by atoms with Gasteiger partial charge < -0.3 is 10.5 Å². The lowest BCUT2D eigenvalue weighted by molar-refractivity contribution is 0.0983. The van der Waals surface area contributed by atoms with Gasteiger partial charge >= 0.3 is 0 Å². The summed E-state index contributed by atoms with van der Waals surface area (Å²) in [5.74, 6) is 0.665. The van der Waals surface area contributed by atoms with Gasteiger partial charge in [0.1, 0.15) is 11.6 Å². The summed E-state index contributed by atoms with van der Waals surface area (Å²) >= 11 is 0. The highest BCUT2D eigenvalue weighted by molar-refractivity contribution is 5.97. The lowest BCUT2D eigenvalue weighted by Gasteiger charge is -2.34. The van der Waals surface area contributed by atoms with Crippen molar-refractivity contribution in [1.82, 2.24) is 4.98 Å². The molecular weight excluding hydrogens is 226 g/mol. The Balaban J connectivity index is 2.04. The van der Waals surface area contributed by atoms with Crippen molar-refractivity contribution < 1.29 is 4.74 Å². The number of amidine groups is 1. The molecule has 1 heterocycles. The Labute approximate surface area is 108 Å². The fraction of sp³-hybridized carbons (Fsp3) is 0.571. The Morgan fingerprint density at radius 1 is 1.44 bits per heavy atom. The molecule has 0 spiro atoms. The first kappa shape index (κ1) is 12.9. The summed E-state index contributed by atoms with van der Waals surface area (Å²) in [6, 6.07) is 1.73. The zero-order valence-corrected chi connectivity index (χ0v) is 11.1. The molecule has 0 aliphatic heterocycles. The molecule has 18 heavy (non-hydrogen) atoms. The van der Waals surface area contributed by atoms with E-state index in [0.717, 1.165) is 12.8 Å². The van der Waals surface area contributed by atoms with Crippen LogP contribution in [0.5, 0.6) is 5.75 Å². The number of nitrogens with two attached hydrogens (primary N) is 1. The van der Waals surface area contributed by atoms with Gasteiger partial charge in [0, 0.05) is 6.20 Å². The summed E-state index contributed by atoms with van der Waals surface area (Å²) in [6.07, 6.45) is 7.96. The minimum atomic E-state index is 0.0311. The first-order valence-corrected chi connectivity index (χ1v) is 6.43. The van der Waals surface area contributed by atoms with Gasteiger partial charge in [0.15, 0.2) is 0 Å². The van der Waals surface area contributed by atoms with Crippen LogP contribution in [0.15, 0.2) is 18.5 Å². The largest absolute Gasteiger partial charge is 0.488 e. The van der Waals surface area contributed by atoms with Crippen molar-refractivity contribution in [1.29, 1.82) is 5.41 Å². The second-order valence-electron chi connectivity index (χ2n) is 5.77. The highest BCUT2D eigenvalue weighted by Crippen LogP contribution is 2.36. The van der Waals surface area contributed by atoms with Crippen LogP contribution in [-0.4, -0.2) is 16.9 Å². The Morgan fingerprint density at radius 3 is 2.72 bits per heavy atom. The van der Waals surface area contributed by atoms with Crippen LogP contribution in [0.2, 0.25) is 0 Å². The van der Waals surface area contributed by atoms with Gasteiger partial charge in [0.2, 0.25) is 0 Å². The summed E-state index contributed by atoms with van der Waals surface area (Å²) in [4.78, 5) is 4.04. The molecule has 1 aliphatic rings. The van der Waals surface area contributed by atoms with E-state index >= 15 is 0 Å². The number of hydrogen-bond acceptors (Lipinski definition) is 3. The van der Waals surface area contributed by atoms with Gasteiger partial charge in [-0.25, -0.2) is 0 Å². The predicted molar refractivity (Wildman–Crippen MR) is 71.9 cm³/mol.